The van der Waals surface area contributed by atoms with Crippen LogP contribution in [0.3, 0.4) is 0 Å². The number of aryl methyl sites for hydroxylation is 5. The molecule has 0 radical (unpaired) electrons. The van der Waals surface area contributed by atoms with Crippen molar-refractivity contribution in [2.75, 3.05) is 39.6 Å². The van der Waals surface area contributed by atoms with Gasteiger partial charge in [0.15, 0.2) is 5.75 Å². The number of rotatable bonds is 48. The van der Waals surface area contributed by atoms with E-state index >= 15 is 0 Å². The van der Waals surface area contributed by atoms with E-state index in [0.717, 1.165) is 136 Å². The summed E-state index contributed by atoms with van der Waals surface area (Å²) in [4.78, 5) is 0. The highest BCUT2D eigenvalue weighted by atomic mass is 16.5. The summed E-state index contributed by atoms with van der Waals surface area (Å²) in [6, 6.07) is 31.5. The zero-order valence-corrected chi connectivity index (χ0v) is 77.8. The fraction of sp³-hybridized carbons (Fsp3) is 0.586. The van der Waals surface area contributed by atoms with E-state index < -0.39 is 0 Å². The highest BCUT2D eigenvalue weighted by Gasteiger charge is 2.24. The van der Waals surface area contributed by atoms with Crippen molar-refractivity contribution in [2.45, 2.75) is 313 Å². The summed E-state index contributed by atoms with van der Waals surface area (Å²) in [6.07, 6.45) is 27.8. The Morgan fingerprint density at radius 3 is 0.547 bits per heavy atom. The minimum absolute atomic E-state index is 0.398. The molecule has 117 heavy (non-hydrogen) atoms. The second-order valence-electron chi connectivity index (χ2n) is 37.8. The number of hydrogen-bond acceptors (Lipinski definition) is 6. The molecule has 0 saturated carbocycles. The molecule has 0 saturated heterocycles. The van der Waals surface area contributed by atoms with E-state index in [0.29, 0.717) is 144 Å². The van der Waals surface area contributed by atoms with Gasteiger partial charge < -0.3 is 28.4 Å². The monoisotopic (exact) mass is 1590 g/mol. The first-order valence-corrected chi connectivity index (χ1v) is 46.1. The molecule has 6 aromatic carbocycles. The van der Waals surface area contributed by atoms with Gasteiger partial charge in [0.05, 0.1) is 67.5 Å². The van der Waals surface area contributed by atoms with E-state index in [2.05, 4.69) is 309 Å². The number of benzene rings is 6. The first-order valence-electron chi connectivity index (χ1n) is 46.1. The van der Waals surface area contributed by atoms with Crippen LogP contribution >= 0.6 is 0 Å². The van der Waals surface area contributed by atoms with Gasteiger partial charge in [-0.25, -0.2) is 0 Å². The van der Waals surface area contributed by atoms with Gasteiger partial charge in [-0.2, -0.15) is 0 Å². The molecule has 636 valence electrons. The molecule has 0 aliphatic heterocycles. The van der Waals surface area contributed by atoms with Crippen molar-refractivity contribution in [2.24, 2.45) is 71.0 Å². The van der Waals surface area contributed by atoms with Crippen LogP contribution in [0.5, 0.6) is 34.5 Å². The highest BCUT2D eigenvalue weighted by molar-refractivity contribution is 5.78. The highest BCUT2D eigenvalue weighted by Crippen LogP contribution is 2.37. The van der Waals surface area contributed by atoms with Crippen LogP contribution < -0.4 is 28.4 Å². The third-order valence-corrected chi connectivity index (χ3v) is 23.1. The molecule has 0 fully saturated rings. The molecule has 0 aliphatic rings. The Kier molecular flexibility index (Phi) is 44.7. The lowest BCUT2D eigenvalue weighted by molar-refractivity contribution is 0.274. The van der Waals surface area contributed by atoms with Gasteiger partial charge in [0.25, 0.3) is 0 Å². The molecule has 6 rings (SSSR count). The van der Waals surface area contributed by atoms with E-state index in [4.69, 9.17) is 28.4 Å². The molecule has 0 heterocycles. The second kappa shape index (κ2) is 53.5. The van der Waals surface area contributed by atoms with Crippen molar-refractivity contribution >= 4 is 0 Å². The van der Waals surface area contributed by atoms with Gasteiger partial charge in [0, 0.05) is 27.8 Å². The summed E-state index contributed by atoms with van der Waals surface area (Å²) in [7, 11) is 0. The summed E-state index contributed by atoms with van der Waals surface area (Å²) >= 11 is 0. The molecule has 0 unspecified atom stereocenters. The van der Waals surface area contributed by atoms with Crippen molar-refractivity contribution in [3.63, 3.8) is 0 Å². The summed E-state index contributed by atoms with van der Waals surface area (Å²) in [5, 5.41) is 0. The molecular formula is C111H156O6. The fourth-order valence-corrected chi connectivity index (χ4v) is 14.9. The summed E-state index contributed by atoms with van der Waals surface area (Å²) < 4.78 is 40.3. The van der Waals surface area contributed by atoms with Crippen LogP contribution in [0.1, 0.15) is 362 Å². The summed E-state index contributed by atoms with van der Waals surface area (Å²) in [5.74, 6) is 49.9. The van der Waals surface area contributed by atoms with Crippen LogP contribution in [-0.4, -0.2) is 39.6 Å². The Morgan fingerprint density at radius 2 is 0.368 bits per heavy atom. The molecular weight excluding hydrogens is 1430 g/mol. The maximum Gasteiger partial charge on any atom is 0.153 e. The van der Waals surface area contributed by atoms with Gasteiger partial charge >= 0.3 is 0 Å². The minimum Gasteiger partial charge on any atom is -0.493 e. The molecule has 6 heteroatoms. The molecule has 6 atom stereocenters. The topological polar surface area (TPSA) is 55.4 Å². The Hall–Kier alpha value is -8.08. The van der Waals surface area contributed by atoms with Crippen molar-refractivity contribution < 1.29 is 28.4 Å². The number of ether oxygens (including phenoxy) is 6. The average molecular weight is 1590 g/mol. The molecule has 0 aliphatic carbocycles. The van der Waals surface area contributed by atoms with Crippen LogP contribution in [0, 0.1) is 165 Å². The SMILES string of the molecule is Cc1cc(C#Cc2c(C#Cc3ccc(OCC[C@@H](C)CCCC(C)C)c(C)c3)c(C#Cc3ccc(OCC[C@@H](C)CCCC(C)C)c(C)c3)c(OCC[C@@H](C)CCCC(C)C)c(C#Cc3ccc(OCC[C@@H](C)CCCC(C)C)c(C)c3)c2C#Cc2ccc(OCC[C@@H](C)CCCC(C)C)c(C)c2)ccc1OCC[C@@H](C)CCCC(C)C. The molecule has 6 nitrogen and oxygen atoms in total. The van der Waals surface area contributed by atoms with Crippen LogP contribution in [0.2, 0.25) is 0 Å². The van der Waals surface area contributed by atoms with Gasteiger partial charge in [-0.1, -0.05) is 299 Å². The van der Waals surface area contributed by atoms with E-state index in [9.17, 15) is 0 Å². The predicted molar refractivity (Wildman–Crippen MR) is 500 cm³/mol. The smallest absolute Gasteiger partial charge is 0.153 e. The largest absolute Gasteiger partial charge is 0.493 e. The van der Waals surface area contributed by atoms with Crippen molar-refractivity contribution in [1.82, 2.24) is 0 Å². The zero-order valence-electron chi connectivity index (χ0n) is 77.8. The lowest BCUT2D eigenvalue weighted by Gasteiger charge is -2.18. The number of hydrogen-bond donors (Lipinski definition) is 0. The minimum atomic E-state index is 0.398. The summed E-state index contributed by atoms with van der Waals surface area (Å²) in [5.41, 5.74) is 12.3. The third-order valence-electron chi connectivity index (χ3n) is 23.1. The van der Waals surface area contributed by atoms with E-state index in [-0.39, 0.29) is 0 Å². The lowest BCUT2D eigenvalue weighted by atomic mass is 9.89. The van der Waals surface area contributed by atoms with Crippen LogP contribution in [-0.2, 0) is 0 Å². The molecule has 0 bridgehead atoms. The standard InChI is InChI=1S/C111H156O6/c1-79(2)30-24-36-85(13)62-68-112-106-57-47-96(74-91(106)19)42-52-101-102(53-43-97-48-58-107(92(20)75-97)113-69-63-86(14)37-25-31-80(3)4)104(55-45-99-50-60-109(94(22)77-99)115-71-65-88(16)39-27-33-82(7)8)111(117-73-67-90(18)41-29-35-84(11)12)105(56-46-100-51-61-110(95(23)78-100)116-72-66-89(17)40-28-34-83(9)10)103(101)54-44-98-49-59-108(93(21)76-98)114-70-64-87(15)38-26-32-81(5)6/h47-51,57-61,74-90H,24-41,62-73H2,1-23H3/t85-,86-,87-,88-,89-,90-/m0/s1. The van der Waals surface area contributed by atoms with E-state index in [1.807, 2.05) is 0 Å². The van der Waals surface area contributed by atoms with Crippen LogP contribution in [0.25, 0.3) is 0 Å². The van der Waals surface area contributed by atoms with Crippen molar-refractivity contribution in [3.8, 4) is 93.7 Å². The van der Waals surface area contributed by atoms with Crippen molar-refractivity contribution in [1.29, 1.82) is 0 Å². The molecule has 0 amide bonds. The first-order chi connectivity index (χ1) is 56.0. The Balaban J connectivity index is 1.68. The lowest BCUT2D eigenvalue weighted by Crippen LogP contribution is -2.10. The first kappa shape index (κ1) is 97.7. The van der Waals surface area contributed by atoms with Gasteiger partial charge in [-0.3, -0.25) is 0 Å². The van der Waals surface area contributed by atoms with E-state index in [1.54, 1.807) is 0 Å². The van der Waals surface area contributed by atoms with Gasteiger partial charge in [-0.15, -0.1) is 0 Å². The van der Waals surface area contributed by atoms with Gasteiger partial charge in [0.1, 0.15) is 28.7 Å². The maximum atomic E-state index is 7.50. The molecule has 0 N–H and O–H groups in total. The Labute approximate surface area is 716 Å². The fourth-order valence-electron chi connectivity index (χ4n) is 14.9. The maximum absolute atomic E-state index is 7.50. The van der Waals surface area contributed by atoms with Gasteiger partial charge in [0.2, 0.25) is 0 Å². The summed E-state index contributed by atoms with van der Waals surface area (Å²) in [6.45, 7) is 56.2. The normalized spacial score (nSPS) is 12.8. The van der Waals surface area contributed by atoms with Crippen LogP contribution in [0.4, 0.5) is 0 Å². The second-order valence-corrected chi connectivity index (χ2v) is 37.8. The Bertz CT molecular complexity index is 4070. The van der Waals surface area contributed by atoms with Gasteiger partial charge in [-0.05, 0) is 263 Å². The average Bonchev–Trinajstić information content (AvgIpc) is 0.760. The Morgan fingerprint density at radius 1 is 0.197 bits per heavy atom. The predicted octanol–water partition coefficient (Wildman–Crippen LogP) is 29.6. The molecule has 0 spiro atoms. The van der Waals surface area contributed by atoms with Crippen molar-refractivity contribution in [3.05, 3.63) is 174 Å². The third kappa shape index (κ3) is 38.2. The van der Waals surface area contributed by atoms with E-state index in [1.165, 1.54) is 103 Å². The molecule has 0 aromatic heterocycles. The zero-order chi connectivity index (χ0) is 85.2. The molecule has 6 aromatic rings. The quantitative estimate of drug-likeness (QED) is 0.0355. The van der Waals surface area contributed by atoms with Crippen LogP contribution in [0.15, 0.2) is 91.0 Å².